The third-order valence-corrected chi connectivity index (χ3v) is 1.50. The number of aromatic nitrogens is 3. The van der Waals surface area contributed by atoms with Crippen LogP contribution in [0.4, 0.5) is 14.7 Å². The van der Waals surface area contributed by atoms with Crippen LogP contribution in [0.1, 0.15) is 13.3 Å². The van der Waals surface area contributed by atoms with E-state index in [1.54, 1.807) is 0 Å². The van der Waals surface area contributed by atoms with Gasteiger partial charge in [0.25, 0.3) is 6.43 Å². The Morgan fingerprint density at radius 2 is 1.88 bits per heavy atom. The molecule has 1 aromatic heterocycles. The lowest BCUT2D eigenvalue weighted by Crippen LogP contribution is -2.15. The fraction of sp³-hybridized carbons (Fsp3) is 0.625. The van der Waals surface area contributed by atoms with Crippen LogP contribution in [0.5, 0.6) is 12.0 Å². The number of nitrogens with two attached hydrogens (primary N) is 1. The van der Waals surface area contributed by atoms with Crippen LogP contribution in [0.15, 0.2) is 0 Å². The van der Waals surface area contributed by atoms with Crippen molar-refractivity contribution in [1.29, 1.82) is 0 Å². The molecule has 0 radical (unpaired) electrons. The summed E-state index contributed by atoms with van der Waals surface area (Å²) in [5, 5.41) is 0. The first-order chi connectivity index (χ1) is 8.15. The zero-order valence-electron chi connectivity index (χ0n) is 9.19. The Morgan fingerprint density at radius 3 is 2.41 bits per heavy atom. The summed E-state index contributed by atoms with van der Waals surface area (Å²) in [6.07, 6.45) is -1.86. The zero-order valence-corrected chi connectivity index (χ0v) is 9.19. The van der Waals surface area contributed by atoms with Gasteiger partial charge in [0.1, 0.15) is 0 Å². The van der Waals surface area contributed by atoms with Gasteiger partial charge >= 0.3 is 12.0 Å². The van der Waals surface area contributed by atoms with Crippen molar-refractivity contribution >= 4 is 5.95 Å². The first kappa shape index (κ1) is 13.3. The maximum Gasteiger partial charge on any atom is 0.324 e. The summed E-state index contributed by atoms with van der Waals surface area (Å²) in [7, 11) is 0. The highest BCUT2D eigenvalue weighted by atomic mass is 19.3. The topological polar surface area (TPSA) is 95.2 Å². The van der Waals surface area contributed by atoms with Gasteiger partial charge in [-0.15, -0.1) is 4.98 Å². The molecule has 0 aliphatic heterocycles. The molecule has 7 nitrogen and oxygen atoms in total. The van der Waals surface area contributed by atoms with Crippen molar-refractivity contribution in [1.82, 2.24) is 15.0 Å². The van der Waals surface area contributed by atoms with Gasteiger partial charge in [0.15, 0.2) is 6.61 Å². The number of ether oxygens (including phenoxy) is 2. The SMILES string of the molecule is CCCOc1nc(NN)nc(OCC(F)F)n1. The summed E-state index contributed by atoms with van der Waals surface area (Å²) in [4.78, 5) is 11.1. The summed E-state index contributed by atoms with van der Waals surface area (Å²) in [6, 6.07) is -0.293. The molecule has 0 aliphatic carbocycles. The minimum atomic E-state index is -2.61. The molecule has 0 aliphatic rings. The highest BCUT2D eigenvalue weighted by molar-refractivity contribution is 5.25. The van der Waals surface area contributed by atoms with Gasteiger partial charge in [0.2, 0.25) is 5.95 Å². The van der Waals surface area contributed by atoms with Crippen LogP contribution < -0.4 is 20.7 Å². The fourth-order valence-electron chi connectivity index (χ4n) is 0.863. The third-order valence-electron chi connectivity index (χ3n) is 1.50. The number of nitrogens with zero attached hydrogens (tertiary/aromatic N) is 3. The van der Waals surface area contributed by atoms with E-state index in [0.717, 1.165) is 6.42 Å². The monoisotopic (exact) mass is 249 g/mol. The smallest absolute Gasteiger partial charge is 0.324 e. The Kier molecular flexibility index (Phi) is 5.27. The fourth-order valence-corrected chi connectivity index (χ4v) is 0.863. The predicted octanol–water partition coefficient (Wildman–Crippen LogP) is 0.590. The molecule has 9 heteroatoms. The number of hydrogen-bond donors (Lipinski definition) is 2. The Balaban J connectivity index is 2.73. The van der Waals surface area contributed by atoms with Crippen LogP contribution >= 0.6 is 0 Å². The number of alkyl halides is 2. The average Bonchev–Trinajstić information content (AvgIpc) is 2.33. The van der Waals surface area contributed by atoms with Crippen molar-refractivity contribution in [2.45, 2.75) is 19.8 Å². The van der Waals surface area contributed by atoms with Gasteiger partial charge in [-0.3, -0.25) is 5.43 Å². The van der Waals surface area contributed by atoms with Crippen molar-refractivity contribution in [3.8, 4) is 12.0 Å². The van der Waals surface area contributed by atoms with E-state index >= 15 is 0 Å². The summed E-state index contributed by atoms with van der Waals surface area (Å²) < 4.78 is 33.6. The van der Waals surface area contributed by atoms with Crippen molar-refractivity contribution in [3.05, 3.63) is 0 Å². The summed E-state index contributed by atoms with van der Waals surface area (Å²) in [6.45, 7) is 1.49. The van der Waals surface area contributed by atoms with Gasteiger partial charge in [-0.1, -0.05) is 6.92 Å². The van der Waals surface area contributed by atoms with Crippen molar-refractivity contribution < 1.29 is 18.3 Å². The summed E-state index contributed by atoms with van der Waals surface area (Å²) in [5.41, 5.74) is 2.16. The molecule has 1 heterocycles. The molecule has 0 aromatic carbocycles. The van der Waals surface area contributed by atoms with E-state index in [-0.39, 0.29) is 18.0 Å². The second kappa shape index (κ2) is 6.74. The third kappa shape index (κ3) is 4.72. The second-order valence-electron chi connectivity index (χ2n) is 2.92. The number of hydrogen-bond acceptors (Lipinski definition) is 7. The maximum absolute atomic E-state index is 11.9. The molecule has 17 heavy (non-hydrogen) atoms. The number of hydrazine groups is 1. The molecule has 0 atom stereocenters. The molecule has 0 bridgehead atoms. The second-order valence-corrected chi connectivity index (χ2v) is 2.92. The maximum atomic E-state index is 11.9. The minimum Gasteiger partial charge on any atom is -0.463 e. The molecule has 0 unspecified atom stereocenters. The molecule has 0 fully saturated rings. The Bertz CT molecular complexity index is 353. The molecule has 96 valence electrons. The van der Waals surface area contributed by atoms with Crippen molar-refractivity contribution in [3.63, 3.8) is 0 Å². The normalized spacial score (nSPS) is 10.4. The largest absolute Gasteiger partial charge is 0.463 e. The highest BCUT2D eigenvalue weighted by Crippen LogP contribution is 2.13. The first-order valence-electron chi connectivity index (χ1n) is 4.92. The lowest BCUT2D eigenvalue weighted by atomic mass is 10.5. The van der Waals surface area contributed by atoms with E-state index in [1.165, 1.54) is 0 Å². The standard InChI is InChI=1S/C8H13F2N5O2/c1-2-3-16-7-12-6(15-11)13-8(14-7)17-4-5(9)10/h5H,2-4,11H2,1H3,(H,12,13,14,15). The van der Waals surface area contributed by atoms with Crippen LogP contribution in [0, 0.1) is 0 Å². The molecule has 1 rings (SSSR count). The number of halogens is 2. The molecule has 1 aromatic rings. The number of nitrogen functional groups attached to an aromatic ring is 1. The quantitative estimate of drug-likeness (QED) is 0.539. The van der Waals surface area contributed by atoms with Crippen LogP contribution in [0.2, 0.25) is 0 Å². The predicted molar refractivity (Wildman–Crippen MR) is 54.9 cm³/mol. The molecule has 0 spiro atoms. The minimum absolute atomic E-state index is 0.0182. The highest BCUT2D eigenvalue weighted by Gasteiger charge is 2.10. The summed E-state index contributed by atoms with van der Waals surface area (Å²) >= 11 is 0. The Morgan fingerprint density at radius 1 is 1.24 bits per heavy atom. The van der Waals surface area contributed by atoms with E-state index < -0.39 is 13.0 Å². The first-order valence-corrected chi connectivity index (χ1v) is 4.92. The van der Waals surface area contributed by atoms with E-state index in [1.807, 2.05) is 6.92 Å². The average molecular weight is 249 g/mol. The van der Waals surface area contributed by atoms with Crippen LogP contribution in [-0.2, 0) is 0 Å². The number of nitrogens with one attached hydrogen (secondary N) is 1. The van der Waals surface area contributed by atoms with Crippen LogP contribution in [0.25, 0.3) is 0 Å². The molecule has 0 saturated carbocycles. The van der Waals surface area contributed by atoms with Crippen LogP contribution in [-0.4, -0.2) is 34.6 Å². The van der Waals surface area contributed by atoms with E-state index in [4.69, 9.17) is 10.6 Å². The number of rotatable bonds is 7. The van der Waals surface area contributed by atoms with Gasteiger partial charge in [0.05, 0.1) is 6.61 Å². The Labute approximate surface area is 96.3 Å². The van der Waals surface area contributed by atoms with Crippen molar-refractivity contribution in [2.24, 2.45) is 5.84 Å². The van der Waals surface area contributed by atoms with Gasteiger partial charge in [-0.2, -0.15) is 9.97 Å². The zero-order chi connectivity index (χ0) is 12.7. The Hall–Kier alpha value is -1.77. The molecule has 3 N–H and O–H groups in total. The van der Waals surface area contributed by atoms with E-state index in [2.05, 4.69) is 25.1 Å². The van der Waals surface area contributed by atoms with Crippen LogP contribution in [0.3, 0.4) is 0 Å². The van der Waals surface area contributed by atoms with Gasteiger partial charge < -0.3 is 9.47 Å². The lowest BCUT2D eigenvalue weighted by molar-refractivity contribution is 0.0763. The molecule has 0 amide bonds. The molecular formula is C8H13F2N5O2. The summed E-state index contributed by atoms with van der Waals surface area (Å²) in [5.74, 6) is 5.09. The number of anilines is 1. The molecular weight excluding hydrogens is 236 g/mol. The van der Waals surface area contributed by atoms with Gasteiger partial charge in [-0.05, 0) is 6.42 Å². The van der Waals surface area contributed by atoms with E-state index in [0.29, 0.717) is 6.61 Å². The van der Waals surface area contributed by atoms with Gasteiger partial charge in [-0.25, -0.2) is 14.6 Å². The van der Waals surface area contributed by atoms with Crippen molar-refractivity contribution in [2.75, 3.05) is 18.6 Å². The van der Waals surface area contributed by atoms with E-state index in [9.17, 15) is 8.78 Å². The molecule has 0 saturated heterocycles. The van der Waals surface area contributed by atoms with Gasteiger partial charge in [0, 0.05) is 0 Å². The lowest BCUT2D eigenvalue weighted by Gasteiger charge is -2.07.